The molecule has 7 nitrogen and oxygen atoms in total. The standard InChI is InChI=1S/C23H22F3N5O2/c1-15-14-19(32)20(29-31(15)18-10-4-3-8-16(18)23(24,25)26)22(33)28-17-9-7-11-27-21(17)30-12-5-2-6-13-30/h3-4,7-11,14H,2,5-6,12-13H2,1H3,(H,28,33). The summed E-state index contributed by atoms with van der Waals surface area (Å²) in [6.45, 7) is 3.05. The molecule has 1 aromatic carbocycles. The molecule has 1 fully saturated rings. The summed E-state index contributed by atoms with van der Waals surface area (Å²) in [5.74, 6) is -0.232. The first kappa shape index (κ1) is 22.5. The van der Waals surface area contributed by atoms with Crippen molar-refractivity contribution >= 4 is 17.4 Å². The number of alkyl halides is 3. The van der Waals surface area contributed by atoms with Crippen LogP contribution in [0.3, 0.4) is 0 Å². The summed E-state index contributed by atoms with van der Waals surface area (Å²) >= 11 is 0. The number of hydrogen-bond donors (Lipinski definition) is 1. The number of nitrogens with one attached hydrogen (secondary N) is 1. The van der Waals surface area contributed by atoms with Gasteiger partial charge in [-0.05, 0) is 50.5 Å². The molecule has 0 bridgehead atoms. The molecule has 10 heteroatoms. The van der Waals surface area contributed by atoms with Gasteiger partial charge in [0.15, 0.2) is 11.5 Å². The van der Waals surface area contributed by atoms with Gasteiger partial charge in [-0.2, -0.15) is 18.3 Å². The molecule has 0 radical (unpaired) electrons. The Morgan fingerprint density at radius 2 is 1.79 bits per heavy atom. The Kier molecular flexibility index (Phi) is 6.17. The van der Waals surface area contributed by atoms with Crippen LogP contribution in [0.25, 0.3) is 5.69 Å². The van der Waals surface area contributed by atoms with Gasteiger partial charge in [-0.15, -0.1) is 0 Å². The van der Waals surface area contributed by atoms with Crippen molar-refractivity contribution in [1.82, 2.24) is 14.8 Å². The third kappa shape index (κ3) is 4.74. The van der Waals surface area contributed by atoms with Crippen LogP contribution in [0.2, 0.25) is 0 Å². The fraction of sp³-hybridized carbons (Fsp3) is 0.304. The molecule has 1 aliphatic rings. The van der Waals surface area contributed by atoms with Gasteiger partial charge in [0, 0.05) is 31.0 Å². The number of hydrogen-bond acceptors (Lipinski definition) is 5. The molecule has 4 rings (SSSR count). The molecule has 0 atom stereocenters. The van der Waals surface area contributed by atoms with Crippen molar-refractivity contribution in [3.63, 3.8) is 0 Å². The monoisotopic (exact) mass is 457 g/mol. The Balaban J connectivity index is 1.71. The van der Waals surface area contributed by atoms with E-state index in [9.17, 15) is 22.8 Å². The lowest BCUT2D eigenvalue weighted by molar-refractivity contribution is -0.137. The zero-order valence-corrected chi connectivity index (χ0v) is 17.9. The van der Waals surface area contributed by atoms with Crippen LogP contribution in [-0.4, -0.2) is 33.8 Å². The minimum Gasteiger partial charge on any atom is -0.355 e. The van der Waals surface area contributed by atoms with Gasteiger partial charge in [0.05, 0.1) is 16.9 Å². The summed E-state index contributed by atoms with van der Waals surface area (Å²) in [6, 6.07) is 9.29. The normalized spacial score (nSPS) is 14.2. The Morgan fingerprint density at radius 1 is 1.06 bits per heavy atom. The fourth-order valence-electron chi connectivity index (χ4n) is 3.88. The van der Waals surface area contributed by atoms with E-state index < -0.39 is 28.8 Å². The second kappa shape index (κ2) is 9.05. The Labute approximate surface area is 187 Å². The number of nitrogens with zero attached hydrogens (tertiary/aromatic N) is 4. The molecule has 172 valence electrons. The summed E-state index contributed by atoms with van der Waals surface area (Å²) in [4.78, 5) is 32.0. The van der Waals surface area contributed by atoms with Gasteiger partial charge < -0.3 is 10.2 Å². The van der Waals surface area contributed by atoms with Crippen molar-refractivity contribution < 1.29 is 18.0 Å². The van der Waals surface area contributed by atoms with Crippen molar-refractivity contribution in [2.75, 3.05) is 23.3 Å². The second-order valence-electron chi connectivity index (χ2n) is 7.80. The van der Waals surface area contributed by atoms with Crippen molar-refractivity contribution in [1.29, 1.82) is 0 Å². The van der Waals surface area contributed by atoms with Gasteiger partial charge in [-0.1, -0.05) is 12.1 Å². The molecule has 3 heterocycles. The van der Waals surface area contributed by atoms with Gasteiger partial charge in [-0.3, -0.25) is 9.59 Å². The van der Waals surface area contributed by atoms with Crippen LogP contribution < -0.4 is 15.6 Å². The summed E-state index contributed by atoms with van der Waals surface area (Å²) < 4.78 is 41.5. The molecule has 2 aromatic heterocycles. The fourth-order valence-corrected chi connectivity index (χ4v) is 3.88. The smallest absolute Gasteiger partial charge is 0.355 e. The molecular weight excluding hydrogens is 435 g/mol. The van der Waals surface area contributed by atoms with Crippen LogP contribution in [0.1, 0.15) is 41.0 Å². The molecule has 0 saturated carbocycles. The lowest BCUT2D eigenvalue weighted by Gasteiger charge is -2.29. The van der Waals surface area contributed by atoms with Crippen LogP contribution in [0.4, 0.5) is 24.7 Å². The number of rotatable bonds is 4. The van der Waals surface area contributed by atoms with Gasteiger partial charge in [0.2, 0.25) is 5.43 Å². The van der Waals surface area contributed by atoms with Gasteiger partial charge in [0.25, 0.3) is 5.91 Å². The van der Waals surface area contributed by atoms with Crippen molar-refractivity contribution in [2.45, 2.75) is 32.4 Å². The predicted molar refractivity (Wildman–Crippen MR) is 118 cm³/mol. The number of piperidine rings is 1. The zero-order valence-electron chi connectivity index (χ0n) is 17.9. The number of amides is 1. The largest absolute Gasteiger partial charge is 0.418 e. The number of halogens is 3. The number of benzene rings is 1. The van der Waals surface area contributed by atoms with E-state index in [0.29, 0.717) is 11.5 Å². The number of aromatic nitrogens is 3. The van der Waals surface area contributed by atoms with Gasteiger partial charge in [-0.25, -0.2) is 9.67 Å². The van der Waals surface area contributed by atoms with E-state index in [0.717, 1.165) is 49.2 Å². The number of pyridine rings is 1. The maximum absolute atomic E-state index is 13.5. The van der Waals surface area contributed by atoms with E-state index in [1.165, 1.54) is 25.1 Å². The highest BCUT2D eigenvalue weighted by Crippen LogP contribution is 2.33. The van der Waals surface area contributed by atoms with E-state index in [1.807, 2.05) is 0 Å². The van der Waals surface area contributed by atoms with Gasteiger partial charge >= 0.3 is 6.18 Å². The van der Waals surface area contributed by atoms with Crippen LogP contribution in [0, 0.1) is 6.92 Å². The van der Waals surface area contributed by atoms with E-state index in [2.05, 4.69) is 20.3 Å². The minimum absolute atomic E-state index is 0.170. The number of carbonyl (C=O) groups excluding carboxylic acids is 1. The molecule has 1 saturated heterocycles. The molecule has 3 aromatic rings. The molecule has 0 aliphatic carbocycles. The third-order valence-corrected chi connectivity index (χ3v) is 5.45. The maximum atomic E-state index is 13.5. The number of carbonyl (C=O) groups is 1. The Bertz CT molecular complexity index is 1230. The van der Waals surface area contributed by atoms with Crippen molar-refractivity contribution in [2.24, 2.45) is 0 Å². The zero-order chi connectivity index (χ0) is 23.6. The lowest BCUT2D eigenvalue weighted by atomic mass is 10.1. The molecule has 1 aliphatic heterocycles. The first-order chi connectivity index (χ1) is 15.8. The van der Waals surface area contributed by atoms with Crippen LogP contribution in [-0.2, 0) is 6.18 Å². The quantitative estimate of drug-likeness (QED) is 0.635. The van der Waals surface area contributed by atoms with Crippen molar-refractivity contribution in [3.05, 3.63) is 75.8 Å². The first-order valence-electron chi connectivity index (χ1n) is 10.5. The van der Waals surface area contributed by atoms with E-state index in [-0.39, 0.29) is 11.4 Å². The topological polar surface area (TPSA) is 80.1 Å². The van der Waals surface area contributed by atoms with E-state index in [1.54, 1.807) is 18.3 Å². The van der Waals surface area contributed by atoms with E-state index in [4.69, 9.17) is 0 Å². The first-order valence-corrected chi connectivity index (χ1v) is 10.5. The number of para-hydroxylation sites is 1. The number of aryl methyl sites for hydroxylation is 1. The summed E-state index contributed by atoms with van der Waals surface area (Å²) in [6.07, 6.45) is 0.122. The SMILES string of the molecule is Cc1cc(=O)c(C(=O)Nc2cccnc2N2CCCCC2)nn1-c1ccccc1C(F)(F)F. The third-order valence-electron chi connectivity index (χ3n) is 5.45. The second-order valence-corrected chi connectivity index (χ2v) is 7.80. The molecular formula is C23H22F3N5O2. The minimum atomic E-state index is -4.63. The molecule has 1 N–H and O–H groups in total. The number of anilines is 2. The molecule has 1 amide bonds. The molecule has 0 spiro atoms. The maximum Gasteiger partial charge on any atom is 0.418 e. The average molecular weight is 457 g/mol. The van der Waals surface area contributed by atoms with E-state index >= 15 is 0 Å². The summed E-state index contributed by atoms with van der Waals surface area (Å²) in [5, 5.41) is 6.68. The Morgan fingerprint density at radius 3 is 2.52 bits per heavy atom. The highest BCUT2D eigenvalue weighted by Gasteiger charge is 2.34. The predicted octanol–water partition coefficient (Wildman–Crippen LogP) is 4.20. The highest BCUT2D eigenvalue weighted by molar-refractivity contribution is 6.04. The summed E-state index contributed by atoms with van der Waals surface area (Å²) in [5.41, 5.74) is -1.81. The van der Waals surface area contributed by atoms with Crippen molar-refractivity contribution in [3.8, 4) is 5.69 Å². The Hall–Kier alpha value is -3.69. The summed E-state index contributed by atoms with van der Waals surface area (Å²) in [7, 11) is 0. The highest BCUT2D eigenvalue weighted by atomic mass is 19.4. The van der Waals surface area contributed by atoms with Crippen LogP contribution in [0.15, 0.2) is 53.5 Å². The van der Waals surface area contributed by atoms with Crippen LogP contribution >= 0.6 is 0 Å². The van der Waals surface area contributed by atoms with Crippen LogP contribution in [0.5, 0.6) is 0 Å². The molecule has 33 heavy (non-hydrogen) atoms. The average Bonchev–Trinajstić information content (AvgIpc) is 2.79. The molecule has 0 unspecified atom stereocenters. The van der Waals surface area contributed by atoms with Gasteiger partial charge in [0.1, 0.15) is 0 Å². The lowest BCUT2D eigenvalue weighted by Crippen LogP contribution is -2.32.